The molecule has 0 bridgehead atoms. The Morgan fingerprint density at radius 3 is 2.38 bits per heavy atom. The molecule has 0 fully saturated rings. The topological polar surface area (TPSA) is 40.6 Å². The molecule has 4 rings (SSSR count). The lowest BCUT2D eigenvalue weighted by Gasteiger charge is -2.46. The van der Waals surface area contributed by atoms with E-state index in [4.69, 9.17) is 0 Å². The second kappa shape index (κ2) is 4.19. The van der Waals surface area contributed by atoms with Crippen LogP contribution < -0.4 is 0 Å². The molecule has 2 aromatic rings. The molecule has 2 aliphatic heterocycles. The van der Waals surface area contributed by atoms with Crippen molar-refractivity contribution >= 4 is 11.8 Å². The minimum absolute atomic E-state index is 0.104. The highest BCUT2D eigenvalue weighted by Crippen LogP contribution is 2.37. The first kappa shape index (κ1) is 12.1. The van der Waals surface area contributed by atoms with Gasteiger partial charge in [-0.1, -0.05) is 36.4 Å². The van der Waals surface area contributed by atoms with E-state index in [0.29, 0.717) is 17.7 Å². The first-order valence-corrected chi connectivity index (χ1v) is 7.00. The summed E-state index contributed by atoms with van der Waals surface area (Å²) in [5, 5.41) is 3.16. The van der Waals surface area contributed by atoms with Gasteiger partial charge in [-0.25, -0.2) is 10.0 Å². The average molecular weight is 278 g/mol. The summed E-state index contributed by atoms with van der Waals surface area (Å²) in [4.78, 5) is 25.4. The maximum Gasteiger partial charge on any atom is 0.273 e. The molecule has 1 unspecified atom stereocenters. The van der Waals surface area contributed by atoms with Crippen molar-refractivity contribution in [2.75, 3.05) is 0 Å². The van der Waals surface area contributed by atoms with Crippen LogP contribution in [0.25, 0.3) is 0 Å². The molecule has 4 nitrogen and oxygen atoms in total. The Morgan fingerprint density at radius 2 is 1.57 bits per heavy atom. The van der Waals surface area contributed by atoms with Crippen LogP contribution in [0.1, 0.15) is 44.8 Å². The van der Waals surface area contributed by atoms with Crippen LogP contribution in [0.2, 0.25) is 0 Å². The summed E-state index contributed by atoms with van der Waals surface area (Å²) >= 11 is 0. The predicted molar refractivity (Wildman–Crippen MR) is 77.3 cm³/mol. The maximum atomic E-state index is 12.7. The number of hydrazine groups is 1. The Labute approximate surface area is 122 Å². The van der Waals surface area contributed by atoms with Gasteiger partial charge in [-0.3, -0.25) is 9.59 Å². The molecular weight excluding hydrogens is 264 g/mol. The molecule has 2 aromatic carbocycles. The highest BCUT2D eigenvalue weighted by Gasteiger charge is 2.42. The third-order valence-electron chi connectivity index (χ3n) is 4.28. The van der Waals surface area contributed by atoms with Crippen molar-refractivity contribution < 1.29 is 9.59 Å². The molecule has 0 saturated carbocycles. The third-order valence-corrected chi connectivity index (χ3v) is 4.28. The Hall–Kier alpha value is -2.62. The van der Waals surface area contributed by atoms with Crippen molar-refractivity contribution in [2.24, 2.45) is 0 Å². The summed E-state index contributed by atoms with van der Waals surface area (Å²) < 4.78 is 0. The van der Waals surface area contributed by atoms with E-state index in [1.54, 1.807) is 10.0 Å². The zero-order valence-electron chi connectivity index (χ0n) is 11.6. The van der Waals surface area contributed by atoms with E-state index in [2.05, 4.69) is 0 Å². The van der Waals surface area contributed by atoms with Gasteiger partial charge in [0, 0.05) is 11.1 Å². The molecule has 2 heterocycles. The Kier molecular flexibility index (Phi) is 2.42. The molecule has 4 heteroatoms. The summed E-state index contributed by atoms with van der Waals surface area (Å²) in [7, 11) is 0. The van der Waals surface area contributed by atoms with Crippen molar-refractivity contribution in [3.63, 3.8) is 0 Å². The molecule has 0 aliphatic carbocycles. The van der Waals surface area contributed by atoms with Gasteiger partial charge in [-0.2, -0.15) is 0 Å². The average Bonchev–Trinajstić information content (AvgIpc) is 2.52. The minimum Gasteiger partial charge on any atom is -0.267 e. The van der Waals surface area contributed by atoms with Crippen LogP contribution in [0.3, 0.4) is 0 Å². The normalized spacial score (nSPS) is 20.0. The van der Waals surface area contributed by atoms with Crippen molar-refractivity contribution in [1.82, 2.24) is 10.0 Å². The highest BCUT2D eigenvalue weighted by atomic mass is 16.2. The van der Waals surface area contributed by atoms with Crippen molar-refractivity contribution in [1.29, 1.82) is 0 Å². The van der Waals surface area contributed by atoms with Gasteiger partial charge in [0.2, 0.25) is 0 Å². The molecule has 21 heavy (non-hydrogen) atoms. The van der Waals surface area contributed by atoms with Crippen LogP contribution in [-0.2, 0) is 6.54 Å². The fourth-order valence-electron chi connectivity index (χ4n) is 3.22. The van der Waals surface area contributed by atoms with E-state index in [0.717, 1.165) is 11.1 Å². The number of hydrogen-bond donors (Lipinski definition) is 0. The van der Waals surface area contributed by atoms with Gasteiger partial charge in [0.1, 0.15) is 0 Å². The SMILES string of the molecule is CC1c2ccccc2C(=O)N2Cc3ccccc3C(=O)N12. The number of carbonyl (C=O) groups is 2. The second-order valence-corrected chi connectivity index (χ2v) is 5.43. The fraction of sp³-hybridized carbons (Fsp3) is 0.176. The van der Waals surface area contributed by atoms with Gasteiger partial charge >= 0.3 is 0 Å². The quantitative estimate of drug-likeness (QED) is 0.743. The molecular formula is C17H14N2O2. The van der Waals surface area contributed by atoms with E-state index >= 15 is 0 Å². The van der Waals surface area contributed by atoms with Crippen molar-refractivity contribution in [3.8, 4) is 0 Å². The minimum atomic E-state index is -0.139. The summed E-state index contributed by atoms with van der Waals surface area (Å²) in [5.41, 5.74) is 3.19. The Balaban J connectivity index is 1.89. The van der Waals surface area contributed by atoms with Crippen molar-refractivity contribution in [2.45, 2.75) is 19.5 Å². The first-order valence-electron chi connectivity index (χ1n) is 7.00. The van der Waals surface area contributed by atoms with Crippen LogP contribution in [0, 0.1) is 0 Å². The molecule has 0 saturated heterocycles. The van der Waals surface area contributed by atoms with Crippen LogP contribution in [-0.4, -0.2) is 21.8 Å². The van der Waals surface area contributed by atoms with Crippen molar-refractivity contribution in [3.05, 3.63) is 70.8 Å². The van der Waals surface area contributed by atoms with E-state index < -0.39 is 0 Å². The number of rotatable bonds is 0. The summed E-state index contributed by atoms with van der Waals surface area (Å²) in [6.45, 7) is 2.41. The van der Waals surface area contributed by atoms with Gasteiger partial charge in [0.25, 0.3) is 11.8 Å². The van der Waals surface area contributed by atoms with Gasteiger partial charge < -0.3 is 0 Å². The zero-order chi connectivity index (χ0) is 14.6. The number of nitrogens with zero attached hydrogens (tertiary/aromatic N) is 2. The number of benzene rings is 2. The van der Waals surface area contributed by atoms with Gasteiger partial charge in [-0.15, -0.1) is 0 Å². The van der Waals surface area contributed by atoms with Gasteiger partial charge in [-0.05, 0) is 30.2 Å². The Bertz CT molecular complexity index is 769. The number of amides is 2. The molecule has 104 valence electrons. The lowest BCUT2D eigenvalue weighted by molar-refractivity contribution is -0.0365. The first-order chi connectivity index (χ1) is 10.2. The monoisotopic (exact) mass is 278 g/mol. The molecule has 0 aromatic heterocycles. The van der Waals surface area contributed by atoms with E-state index in [-0.39, 0.29) is 17.9 Å². The lowest BCUT2D eigenvalue weighted by atomic mass is 9.94. The number of fused-ring (bicyclic) bond motifs is 3. The van der Waals surface area contributed by atoms with E-state index in [9.17, 15) is 9.59 Å². The molecule has 2 amide bonds. The summed E-state index contributed by atoms with van der Waals surface area (Å²) in [6, 6.07) is 14.9. The smallest absolute Gasteiger partial charge is 0.267 e. The standard InChI is InChI=1S/C17H14N2O2/c1-11-13-7-4-5-9-15(13)16(20)18-10-12-6-2-3-8-14(12)17(21)19(11)18/h2-9,11H,10H2,1H3. The summed E-state index contributed by atoms with van der Waals surface area (Å²) in [6.07, 6.45) is 0. The van der Waals surface area contributed by atoms with Crippen LogP contribution in [0.4, 0.5) is 0 Å². The molecule has 2 aliphatic rings. The highest BCUT2D eigenvalue weighted by molar-refractivity contribution is 6.03. The zero-order valence-corrected chi connectivity index (χ0v) is 11.6. The molecule has 0 radical (unpaired) electrons. The Morgan fingerprint density at radius 1 is 0.905 bits per heavy atom. The van der Waals surface area contributed by atoms with Crippen LogP contribution in [0.15, 0.2) is 48.5 Å². The number of carbonyl (C=O) groups excluding carboxylic acids is 2. The number of hydrogen-bond acceptors (Lipinski definition) is 2. The maximum absolute atomic E-state index is 12.7. The molecule has 0 spiro atoms. The lowest BCUT2D eigenvalue weighted by Crippen LogP contribution is -2.56. The van der Waals surface area contributed by atoms with Gasteiger partial charge in [0.05, 0.1) is 12.6 Å². The summed E-state index contributed by atoms with van der Waals surface area (Å²) in [5.74, 6) is -0.209. The fourth-order valence-corrected chi connectivity index (χ4v) is 3.22. The second-order valence-electron chi connectivity index (χ2n) is 5.43. The van der Waals surface area contributed by atoms with Gasteiger partial charge in [0.15, 0.2) is 0 Å². The van der Waals surface area contributed by atoms with Crippen LogP contribution >= 0.6 is 0 Å². The van der Waals surface area contributed by atoms with E-state index in [1.165, 1.54) is 0 Å². The molecule has 1 atom stereocenters. The molecule has 0 N–H and O–H groups in total. The third kappa shape index (κ3) is 1.56. The van der Waals surface area contributed by atoms with Crippen LogP contribution in [0.5, 0.6) is 0 Å². The predicted octanol–water partition coefficient (Wildman–Crippen LogP) is 2.77. The van der Waals surface area contributed by atoms with E-state index in [1.807, 2.05) is 55.5 Å². The largest absolute Gasteiger partial charge is 0.273 e.